The van der Waals surface area contributed by atoms with Crippen molar-refractivity contribution in [1.29, 1.82) is 0 Å². The lowest BCUT2D eigenvalue weighted by molar-refractivity contribution is -0.126. The minimum absolute atomic E-state index is 0.0721. The van der Waals surface area contributed by atoms with Crippen molar-refractivity contribution in [2.45, 2.75) is 57.8 Å². The SMILES string of the molecule is CC[C@@]1(COCc2ccccc2F)CCC(C)(C)O1. The molecule has 1 fully saturated rings. The molecule has 1 heterocycles. The van der Waals surface area contributed by atoms with E-state index >= 15 is 0 Å². The summed E-state index contributed by atoms with van der Waals surface area (Å²) in [7, 11) is 0. The maximum Gasteiger partial charge on any atom is 0.128 e. The van der Waals surface area contributed by atoms with Crippen molar-refractivity contribution in [2.75, 3.05) is 6.61 Å². The van der Waals surface area contributed by atoms with E-state index in [0.717, 1.165) is 19.3 Å². The van der Waals surface area contributed by atoms with Crippen LogP contribution < -0.4 is 0 Å². The maximum atomic E-state index is 13.5. The minimum Gasteiger partial charge on any atom is -0.374 e. The van der Waals surface area contributed by atoms with Gasteiger partial charge in [-0.25, -0.2) is 4.39 Å². The average Bonchev–Trinajstić information content (AvgIpc) is 2.68. The summed E-state index contributed by atoms with van der Waals surface area (Å²) in [6.07, 6.45) is 2.98. The molecule has 1 saturated heterocycles. The summed E-state index contributed by atoms with van der Waals surface area (Å²) < 4.78 is 25.3. The van der Waals surface area contributed by atoms with Gasteiger partial charge in [-0.3, -0.25) is 0 Å². The molecule has 1 aliphatic rings. The molecule has 19 heavy (non-hydrogen) atoms. The first-order chi connectivity index (χ1) is 8.96. The second-order valence-corrected chi connectivity index (χ2v) is 5.98. The Balaban J connectivity index is 1.90. The summed E-state index contributed by atoms with van der Waals surface area (Å²) in [4.78, 5) is 0. The summed E-state index contributed by atoms with van der Waals surface area (Å²) in [5.41, 5.74) is 0.331. The Bertz CT molecular complexity index is 431. The number of ether oxygens (including phenoxy) is 2. The molecule has 1 atom stereocenters. The first kappa shape index (κ1) is 14.5. The molecule has 2 nitrogen and oxygen atoms in total. The highest BCUT2D eigenvalue weighted by molar-refractivity contribution is 5.16. The third-order valence-corrected chi connectivity index (χ3v) is 3.90. The van der Waals surface area contributed by atoms with E-state index in [1.165, 1.54) is 6.07 Å². The molecule has 0 bridgehead atoms. The Morgan fingerprint density at radius 3 is 2.58 bits per heavy atom. The van der Waals surface area contributed by atoms with Crippen LogP contribution in [0.1, 0.15) is 45.6 Å². The van der Waals surface area contributed by atoms with E-state index in [9.17, 15) is 4.39 Å². The first-order valence-electron chi connectivity index (χ1n) is 6.98. The Kier molecular flexibility index (Phi) is 4.26. The quantitative estimate of drug-likeness (QED) is 0.799. The van der Waals surface area contributed by atoms with Gasteiger partial charge in [-0.15, -0.1) is 0 Å². The van der Waals surface area contributed by atoms with Crippen LogP contribution in [-0.2, 0) is 16.1 Å². The molecular weight excluding hydrogens is 243 g/mol. The number of halogens is 1. The molecule has 1 aliphatic heterocycles. The Hall–Kier alpha value is -0.930. The van der Waals surface area contributed by atoms with E-state index in [2.05, 4.69) is 20.8 Å². The second kappa shape index (κ2) is 5.59. The zero-order valence-electron chi connectivity index (χ0n) is 12.0. The van der Waals surface area contributed by atoms with Gasteiger partial charge in [0, 0.05) is 5.56 Å². The van der Waals surface area contributed by atoms with Gasteiger partial charge >= 0.3 is 0 Å². The van der Waals surface area contributed by atoms with Crippen molar-refractivity contribution < 1.29 is 13.9 Å². The molecule has 2 rings (SSSR count). The van der Waals surface area contributed by atoms with Gasteiger partial charge in [0.1, 0.15) is 5.82 Å². The van der Waals surface area contributed by atoms with Gasteiger partial charge in [0.25, 0.3) is 0 Å². The Morgan fingerprint density at radius 1 is 1.26 bits per heavy atom. The van der Waals surface area contributed by atoms with E-state index in [1.807, 2.05) is 6.07 Å². The molecule has 1 aromatic carbocycles. The van der Waals surface area contributed by atoms with Crippen LogP contribution in [-0.4, -0.2) is 17.8 Å². The lowest BCUT2D eigenvalue weighted by atomic mass is 9.96. The van der Waals surface area contributed by atoms with E-state index in [0.29, 0.717) is 18.8 Å². The zero-order chi connectivity index (χ0) is 13.9. The highest BCUT2D eigenvalue weighted by Crippen LogP contribution is 2.39. The predicted molar refractivity (Wildman–Crippen MR) is 73.5 cm³/mol. The third kappa shape index (κ3) is 3.54. The monoisotopic (exact) mass is 266 g/mol. The average molecular weight is 266 g/mol. The third-order valence-electron chi connectivity index (χ3n) is 3.90. The van der Waals surface area contributed by atoms with Gasteiger partial charge in [-0.05, 0) is 39.2 Å². The van der Waals surface area contributed by atoms with Crippen molar-refractivity contribution in [3.05, 3.63) is 35.6 Å². The van der Waals surface area contributed by atoms with Crippen molar-refractivity contribution in [1.82, 2.24) is 0 Å². The van der Waals surface area contributed by atoms with Crippen LogP contribution in [0.4, 0.5) is 4.39 Å². The fourth-order valence-corrected chi connectivity index (χ4v) is 2.63. The topological polar surface area (TPSA) is 18.5 Å². The molecule has 106 valence electrons. The van der Waals surface area contributed by atoms with E-state index in [4.69, 9.17) is 9.47 Å². The molecule has 3 heteroatoms. The number of benzene rings is 1. The van der Waals surface area contributed by atoms with Gasteiger partial charge in [-0.1, -0.05) is 25.1 Å². The fourth-order valence-electron chi connectivity index (χ4n) is 2.63. The molecule has 1 aromatic rings. The summed E-state index contributed by atoms with van der Waals surface area (Å²) in [6, 6.07) is 6.73. The second-order valence-electron chi connectivity index (χ2n) is 5.98. The summed E-state index contributed by atoms with van der Waals surface area (Å²) in [5.74, 6) is -0.208. The standard InChI is InChI=1S/C16H23FO2/c1-4-16(10-9-15(2,3)19-16)12-18-11-13-7-5-6-8-14(13)17/h5-8H,4,9-12H2,1-3H3/t16-/m0/s1. The highest BCUT2D eigenvalue weighted by atomic mass is 19.1. The number of hydrogen-bond donors (Lipinski definition) is 0. The van der Waals surface area contributed by atoms with E-state index < -0.39 is 0 Å². The number of rotatable bonds is 5. The molecule has 0 radical (unpaired) electrons. The molecule has 0 aliphatic carbocycles. The fraction of sp³-hybridized carbons (Fsp3) is 0.625. The van der Waals surface area contributed by atoms with Gasteiger partial charge in [0.05, 0.1) is 24.4 Å². The smallest absolute Gasteiger partial charge is 0.128 e. The summed E-state index contributed by atoms with van der Waals surface area (Å²) >= 11 is 0. The Morgan fingerprint density at radius 2 is 2.00 bits per heavy atom. The largest absolute Gasteiger partial charge is 0.374 e. The van der Waals surface area contributed by atoms with Crippen molar-refractivity contribution in [3.8, 4) is 0 Å². The highest BCUT2D eigenvalue weighted by Gasteiger charge is 2.43. The van der Waals surface area contributed by atoms with Gasteiger partial charge < -0.3 is 9.47 Å². The molecule has 0 aromatic heterocycles. The van der Waals surface area contributed by atoms with Crippen LogP contribution in [0.2, 0.25) is 0 Å². The molecule has 0 amide bonds. The van der Waals surface area contributed by atoms with Crippen molar-refractivity contribution in [3.63, 3.8) is 0 Å². The minimum atomic E-state index is -0.208. The lowest BCUT2D eigenvalue weighted by Crippen LogP contribution is -2.36. The summed E-state index contributed by atoms with van der Waals surface area (Å²) in [6.45, 7) is 7.18. The predicted octanol–water partition coefficient (Wildman–Crippen LogP) is 4.08. The van der Waals surface area contributed by atoms with Crippen LogP contribution in [0.25, 0.3) is 0 Å². The van der Waals surface area contributed by atoms with E-state index in [-0.39, 0.29) is 17.0 Å². The molecule has 0 spiro atoms. The zero-order valence-corrected chi connectivity index (χ0v) is 12.0. The van der Waals surface area contributed by atoms with Crippen LogP contribution in [0.3, 0.4) is 0 Å². The van der Waals surface area contributed by atoms with Crippen LogP contribution in [0.5, 0.6) is 0 Å². The van der Waals surface area contributed by atoms with Gasteiger partial charge in [0.15, 0.2) is 0 Å². The van der Waals surface area contributed by atoms with Gasteiger partial charge in [-0.2, -0.15) is 0 Å². The van der Waals surface area contributed by atoms with E-state index in [1.54, 1.807) is 12.1 Å². The van der Waals surface area contributed by atoms with Crippen molar-refractivity contribution in [2.24, 2.45) is 0 Å². The Labute approximate surface area is 114 Å². The lowest BCUT2D eigenvalue weighted by Gasteiger charge is -2.30. The van der Waals surface area contributed by atoms with Gasteiger partial charge in [0.2, 0.25) is 0 Å². The molecular formula is C16H23FO2. The van der Waals surface area contributed by atoms with Crippen LogP contribution in [0.15, 0.2) is 24.3 Å². The van der Waals surface area contributed by atoms with Crippen LogP contribution in [0, 0.1) is 5.82 Å². The molecule has 0 unspecified atom stereocenters. The van der Waals surface area contributed by atoms with Crippen LogP contribution >= 0.6 is 0 Å². The first-order valence-corrected chi connectivity index (χ1v) is 6.98. The summed E-state index contributed by atoms with van der Waals surface area (Å²) in [5, 5.41) is 0. The molecule has 0 saturated carbocycles. The number of hydrogen-bond acceptors (Lipinski definition) is 2. The normalized spacial score (nSPS) is 25.7. The van der Waals surface area contributed by atoms with Crippen molar-refractivity contribution >= 4 is 0 Å². The molecule has 0 N–H and O–H groups in total. The maximum absolute atomic E-state index is 13.5.